The summed E-state index contributed by atoms with van der Waals surface area (Å²) in [6.45, 7) is 2.14. The molecule has 1 aromatic heterocycles. The first-order valence-electron chi connectivity index (χ1n) is 8.62. The van der Waals surface area contributed by atoms with Gasteiger partial charge in [0, 0.05) is 6.04 Å². The summed E-state index contributed by atoms with van der Waals surface area (Å²) >= 11 is 3.12. The van der Waals surface area contributed by atoms with Crippen LogP contribution in [0, 0.1) is 29.6 Å². The molecule has 1 N–H and O–H groups in total. The third kappa shape index (κ3) is 2.67. The van der Waals surface area contributed by atoms with Gasteiger partial charge in [-0.3, -0.25) is 4.79 Å². The number of nitrogens with one attached hydrogen (secondary N) is 1. The molecule has 0 saturated heterocycles. The quantitative estimate of drug-likeness (QED) is 0.872. The van der Waals surface area contributed by atoms with Gasteiger partial charge in [0.25, 0.3) is 5.91 Å². The Morgan fingerprint density at radius 1 is 1.30 bits per heavy atom. The summed E-state index contributed by atoms with van der Waals surface area (Å²) in [5.41, 5.74) is -0.0650. The molecule has 5 heteroatoms. The van der Waals surface area contributed by atoms with Crippen LogP contribution in [0.5, 0.6) is 0 Å². The van der Waals surface area contributed by atoms with Gasteiger partial charge in [0.1, 0.15) is 10.7 Å². The van der Waals surface area contributed by atoms with Crippen molar-refractivity contribution in [2.45, 2.75) is 45.1 Å². The van der Waals surface area contributed by atoms with Gasteiger partial charge in [-0.2, -0.15) is 0 Å². The second kappa shape index (κ2) is 5.76. The molecule has 0 unspecified atom stereocenters. The highest BCUT2D eigenvalue weighted by atomic mass is 79.9. The van der Waals surface area contributed by atoms with E-state index in [4.69, 9.17) is 4.42 Å². The minimum absolute atomic E-state index is 0.155. The number of carbonyl (C=O) groups excluding carboxylic acids is 1. The molecule has 6 atom stereocenters. The van der Waals surface area contributed by atoms with Crippen molar-refractivity contribution in [1.29, 1.82) is 0 Å². The standard InChI is InChI=1S/C18H22BrNO3/c1-9(20-17(21)13-7-15(19)18(22)23-8-13)16-12-3-2-11-4-10(5-12)6-14(11)16/h7-12,14,16H,2-6H2,1H3,(H,20,21)/t9-,10-,11-,12-,14+,16+/m0/s1. The number of rotatable bonds is 3. The van der Waals surface area contributed by atoms with Crippen molar-refractivity contribution in [3.05, 3.63) is 32.8 Å². The monoisotopic (exact) mass is 379 g/mol. The van der Waals surface area contributed by atoms with E-state index in [0.29, 0.717) is 11.5 Å². The topological polar surface area (TPSA) is 59.3 Å². The lowest BCUT2D eigenvalue weighted by Crippen LogP contribution is -2.48. The van der Waals surface area contributed by atoms with Crippen LogP contribution in [0.4, 0.5) is 0 Å². The molecule has 3 aliphatic carbocycles. The largest absolute Gasteiger partial charge is 0.430 e. The highest BCUT2D eigenvalue weighted by Crippen LogP contribution is 2.58. The van der Waals surface area contributed by atoms with Gasteiger partial charge in [-0.05, 0) is 90.6 Å². The van der Waals surface area contributed by atoms with Crippen LogP contribution < -0.4 is 10.9 Å². The lowest BCUT2D eigenvalue weighted by atomic mass is 9.62. The zero-order chi connectivity index (χ0) is 16.1. The van der Waals surface area contributed by atoms with Crippen LogP contribution in [-0.2, 0) is 0 Å². The average molecular weight is 380 g/mol. The van der Waals surface area contributed by atoms with Crippen molar-refractivity contribution in [2.24, 2.45) is 29.6 Å². The number of hydrogen-bond donors (Lipinski definition) is 1. The minimum atomic E-state index is -0.462. The molecule has 23 heavy (non-hydrogen) atoms. The number of amides is 1. The van der Waals surface area contributed by atoms with Crippen molar-refractivity contribution in [3.63, 3.8) is 0 Å². The number of fused-ring (bicyclic) bond motifs is 2. The Balaban J connectivity index is 1.49. The molecule has 3 saturated carbocycles. The van der Waals surface area contributed by atoms with Crippen molar-refractivity contribution in [1.82, 2.24) is 5.32 Å². The van der Waals surface area contributed by atoms with Gasteiger partial charge in [0.05, 0.1) is 5.56 Å². The molecular formula is C18H22BrNO3. The van der Waals surface area contributed by atoms with Crippen LogP contribution >= 0.6 is 15.9 Å². The summed E-state index contributed by atoms with van der Waals surface area (Å²) in [5.74, 6) is 3.84. The molecular weight excluding hydrogens is 358 g/mol. The van der Waals surface area contributed by atoms with Gasteiger partial charge < -0.3 is 9.73 Å². The Bertz CT molecular complexity index is 685. The zero-order valence-corrected chi connectivity index (χ0v) is 14.8. The number of hydrogen-bond acceptors (Lipinski definition) is 3. The van der Waals surface area contributed by atoms with Crippen LogP contribution in [0.2, 0.25) is 0 Å². The molecule has 1 amide bonds. The summed E-state index contributed by atoms with van der Waals surface area (Å²) in [6.07, 6.45) is 8.08. The van der Waals surface area contributed by atoms with E-state index in [1.807, 2.05) is 0 Å². The predicted molar refractivity (Wildman–Crippen MR) is 90.1 cm³/mol. The number of carbonyl (C=O) groups is 1. The van der Waals surface area contributed by atoms with Gasteiger partial charge in [0.2, 0.25) is 0 Å². The van der Waals surface area contributed by atoms with Gasteiger partial charge in [0.15, 0.2) is 0 Å². The highest BCUT2D eigenvalue weighted by Gasteiger charge is 2.51. The smallest absolute Gasteiger partial charge is 0.350 e. The molecule has 0 spiro atoms. The third-order valence-corrected chi connectivity index (χ3v) is 6.95. The first-order valence-corrected chi connectivity index (χ1v) is 9.41. The van der Waals surface area contributed by atoms with Crippen LogP contribution in [0.15, 0.2) is 26.0 Å². The maximum Gasteiger partial charge on any atom is 0.350 e. The van der Waals surface area contributed by atoms with E-state index < -0.39 is 5.63 Å². The molecule has 3 bridgehead atoms. The van der Waals surface area contributed by atoms with Gasteiger partial charge in [-0.15, -0.1) is 0 Å². The zero-order valence-electron chi connectivity index (χ0n) is 13.3. The molecule has 4 nitrogen and oxygen atoms in total. The van der Waals surface area contributed by atoms with Crippen LogP contribution in [0.3, 0.4) is 0 Å². The molecule has 124 valence electrons. The second-order valence-corrected chi connectivity index (χ2v) is 8.50. The van der Waals surface area contributed by atoms with E-state index in [0.717, 1.165) is 23.7 Å². The highest BCUT2D eigenvalue weighted by molar-refractivity contribution is 9.10. The number of halogens is 1. The Morgan fingerprint density at radius 3 is 2.83 bits per heavy atom. The fourth-order valence-corrected chi connectivity index (χ4v) is 5.97. The molecule has 4 rings (SSSR count). The van der Waals surface area contributed by atoms with Crippen molar-refractivity contribution in [3.8, 4) is 0 Å². The van der Waals surface area contributed by atoms with E-state index in [9.17, 15) is 9.59 Å². The summed E-state index contributed by atoms with van der Waals surface area (Å²) in [4.78, 5) is 23.8. The summed E-state index contributed by atoms with van der Waals surface area (Å²) in [5, 5.41) is 3.16. The molecule has 1 heterocycles. The third-order valence-electron chi connectivity index (χ3n) is 6.40. The van der Waals surface area contributed by atoms with E-state index in [1.54, 1.807) is 0 Å². The van der Waals surface area contributed by atoms with Gasteiger partial charge in [-0.1, -0.05) is 0 Å². The summed E-state index contributed by atoms with van der Waals surface area (Å²) in [6, 6.07) is 1.71. The SMILES string of the molecule is C[C@H](NC(=O)c1coc(=O)c(Br)c1)[C@@H]1[C@H]2CC[C@H]3C[C@@H](C2)C[C@H]31. The van der Waals surface area contributed by atoms with Crippen molar-refractivity contribution < 1.29 is 9.21 Å². The molecule has 3 aliphatic rings. The van der Waals surface area contributed by atoms with Gasteiger partial charge in [-0.25, -0.2) is 4.79 Å². The molecule has 0 aliphatic heterocycles. The Kier molecular flexibility index (Phi) is 3.87. The minimum Gasteiger partial charge on any atom is -0.430 e. The lowest BCUT2D eigenvalue weighted by Gasteiger charge is -2.45. The molecule has 0 aromatic carbocycles. The van der Waals surface area contributed by atoms with Gasteiger partial charge >= 0.3 is 5.63 Å². The maximum absolute atomic E-state index is 12.5. The van der Waals surface area contributed by atoms with Crippen LogP contribution in [0.1, 0.15) is 49.4 Å². The fraction of sp³-hybridized carbons (Fsp3) is 0.667. The summed E-state index contributed by atoms with van der Waals surface area (Å²) < 4.78 is 5.16. The Morgan fingerprint density at radius 2 is 2.04 bits per heavy atom. The molecule has 0 radical (unpaired) electrons. The van der Waals surface area contributed by atoms with Crippen molar-refractivity contribution >= 4 is 21.8 Å². The second-order valence-electron chi connectivity index (χ2n) is 7.64. The first-order chi connectivity index (χ1) is 11.0. The average Bonchev–Trinajstić information content (AvgIpc) is 2.72. The van der Waals surface area contributed by atoms with Crippen molar-refractivity contribution in [2.75, 3.05) is 0 Å². The van der Waals surface area contributed by atoms with E-state index >= 15 is 0 Å². The van der Waals surface area contributed by atoms with E-state index in [2.05, 4.69) is 28.2 Å². The summed E-state index contributed by atoms with van der Waals surface area (Å²) in [7, 11) is 0. The molecule has 1 aromatic rings. The predicted octanol–water partition coefficient (Wildman–Crippen LogP) is 3.59. The van der Waals surface area contributed by atoms with E-state index in [1.165, 1.54) is 44.4 Å². The Hall–Kier alpha value is -1.10. The van der Waals surface area contributed by atoms with Crippen LogP contribution in [0.25, 0.3) is 0 Å². The maximum atomic E-state index is 12.5. The molecule has 3 fully saturated rings. The normalized spacial score (nSPS) is 36.0. The van der Waals surface area contributed by atoms with Crippen LogP contribution in [-0.4, -0.2) is 11.9 Å². The first kappa shape index (κ1) is 15.4. The lowest BCUT2D eigenvalue weighted by molar-refractivity contribution is 0.0518. The van der Waals surface area contributed by atoms with E-state index in [-0.39, 0.29) is 16.4 Å². The fourth-order valence-electron chi connectivity index (χ4n) is 5.63. The Labute approximate surface area is 144 Å².